The van der Waals surface area contributed by atoms with Gasteiger partial charge in [0.15, 0.2) is 0 Å². The molecular weight excluding hydrogens is 268 g/mol. The van der Waals surface area contributed by atoms with Gasteiger partial charge in [0.05, 0.1) is 17.4 Å². The van der Waals surface area contributed by atoms with Crippen LogP contribution in [0, 0.1) is 0 Å². The standard InChI is InChI=1S/C15H22N4O2/c1-3-18(4-2)14-9-13(10-16-11-14)15(21)19-7-5-17(12-20)6-8-19/h9-12H,3-8H2,1-2H3. The molecule has 6 heteroatoms. The van der Waals surface area contributed by atoms with Crippen LogP contribution in [0.3, 0.4) is 0 Å². The maximum Gasteiger partial charge on any atom is 0.255 e. The van der Waals surface area contributed by atoms with Crippen molar-refractivity contribution in [1.82, 2.24) is 14.8 Å². The van der Waals surface area contributed by atoms with Crippen molar-refractivity contribution in [3.8, 4) is 0 Å². The third-order valence-corrected chi connectivity index (χ3v) is 3.85. The Balaban J connectivity index is 2.09. The van der Waals surface area contributed by atoms with Crippen LogP contribution in [0.4, 0.5) is 5.69 Å². The lowest BCUT2D eigenvalue weighted by Gasteiger charge is -2.32. The molecule has 0 unspecified atom stereocenters. The van der Waals surface area contributed by atoms with Gasteiger partial charge in [-0.2, -0.15) is 0 Å². The van der Waals surface area contributed by atoms with Crippen LogP contribution in [-0.4, -0.2) is 66.4 Å². The minimum absolute atomic E-state index is 0.0120. The molecular formula is C15H22N4O2. The highest BCUT2D eigenvalue weighted by atomic mass is 16.2. The molecule has 21 heavy (non-hydrogen) atoms. The second kappa shape index (κ2) is 7.06. The van der Waals surface area contributed by atoms with E-state index < -0.39 is 0 Å². The van der Waals surface area contributed by atoms with Gasteiger partial charge in [-0.1, -0.05) is 0 Å². The molecule has 0 N–H and O–H groups in total. The third kappa shape index (κ3) is 3.51. The van der Waals surface area contributed by atoms with E-state index in [1.165, 1.54) is 0 Å². The molecule has 114 valence electrons. The minimum Gasteiger partial charge on any atom is -0.371 e. The highest BCUT2D eigenvalue weighted by Crippen LogP contribution is 2.16. The van der Waals surface area contributed by atoms with E-state index in [1.54, 1.807) is 22.2 Å². The van der Waals surface area contributed by atoms with E-state index in [-0.39, 0.29) is 5.91 Å². The van der Waals surface area contributed by atoms with Crippen molar-refractivity contribution in [3.05, 3.63) is 24.0 Å². The lowest BCUT2D eigenvalue weighted by atomic mass is 10.2. The minimum atomic E-state index is -0.0120. The van der Waals surface area contributed by atoms with Gasteiger partial charge in [0.25, 0.3) is 5.91 Å². The molecule has 1 fully saturated rings. The number of carbonyl (C=O) groups is 2. The number of anilines is 1. The number of hydrogen-bond acceptors (Lipinski definition) is 4. The average Bonchev–Trinajstić information content (AvgIpc) is 2.56. The normalized spacial score (nSPS) is 15.0. The van der Waals surface area contributed by atoms with Crippen LogP contribution in [0.1, 0.15) is 24.2 Å². The second-order valence-electron chi connectivity index (χ2n) is 5.04. The summed E-state index contributed by atoms with van der Waals surface area (Å²) >= 11 is 0. The Bertz CT molecular complexity index is 494. The Morgan fingerprint density at radius 3 is 2.48 bits per heavy atom. The summed E-state index contributed by atoms with van der Waals surface area (Å²) in [5.74, 6) is -0.0120. The van der Waals surface area contributed by atoms with Gasteiger partial charge >= 0.3 is 0 Å². The van der Waals surface area contributed by atoms with Gasteiger partial charge in [-0.15, -0.1) is 0 Å². The summed E-state index contributed by atoms with van der Waals surface area (Å²) in [5.41, 5.74) is 1.58. The predicted octanol–water partition coefficient (Wildman–Crippen LogP) is 0.842. The number of aromatic nitrogens is 1. The fourth-order valence-corrected chi connectivity index (χ4v) is 2.52. The van der Waals surface area contributed by atoms with E-state index in [4.69, 9.17) is 0 Å². The third-order valence-electron chi connectivity index (χ3n) is 3.85. The molecule has 1 aliphatic heterocycles. The number of piperazine rings is 1. The molecule has 2 amide bonds. The number of pyridine rings is 1. The molecule has 0 atom stereocenters. The fraction of sp³-hybridized carbons (Fsp3) is 0.533. The lowest BCUT2D eigenvalue weighted by Crippen LogP contribution is -2.48. The molecule has 0 aliphatic carbocycles. The van der Waals surface area contributed by atoms with E-state index in [9.17, 15) is 9.59 Å². The van der Waals surface area contributed by atoms with Crippen LogP contribution in [-0.2, 0) is 4.79 Å². The molecule has 1 aromatic rings. The molecule has 1 saturated heterocycles. The van der Waals surface area contributed by atoms with Crippen molar-refractivity contribution < 1.29 is 9.59 Å². The quantitative estimate of drug-likeness (QED) is 0.754. The van der Waals surface area contributed by atoms with E-state index in [0.29, 0.717) is 31.7 Å². The van der Waals surface area contributed by atoms with Gasteiger partial charge in [-0.25, -0.2) is 0 Å². The highest BCUT2D eigenvalue weighted by molar-refractivity contribution is 5.94. The maximum absolute atomic E-state index is 12.5. The summed E-state index contributed by atoms with van der Waals surface area (Å²) in [6.45, 7) is 8.27. The first-order valence-corrected chi connectivity index (χ1v) is 7.38. The smallest absolute Gasteiger partial charge is 0.255 e. The zero-order valence-corrected chi connectivity index (χ0v) is 12.7. The topological polar surface area (TPSA) is 56.8 Å². The van der Waals surface area contributed by atoms with E-state index in [0.717, 1.165) is 25.2 Å². The molecule has 1 aromatic heterocycles. The molecule has 2 heterocycles. The largest absolute Gasteiger partial charge is 0.371 e. The van der Waals surface area contributed by atoms with E-state index >= 15 is 0 Å². The molecule has 0 radical (unpaired) electrons. The summed E-state index contributed by atoms with van der Waals surface area (Å²) < 4.78 is 0. The van der Waals surface area contributed by atoms with Crippen molar-refractivity contribution in [3.63, 3.8) is 0 Å². The Morgan fingerprint density at radius 2 is 1.90 bits per heavy atom. The summed E-state index contributed by atoms with van der Waals surface area (Å²) in [4.78, 5) is 33.0. The van der Waals surface area contributed by atoms with Crippen molar-refractivity contribution in [2.75, 3.05) is 44.2 Å². The first-order valence-electron chi connectivity index (χ1n) is 7.38. The SMILES string of the molecule is CCN(CC)c1cncc(C(=O)N2CCN(C=O)CC2)c1. The fourth-order valence-electron chi connectivity index (χ4n) is 2.52. The van der Waals surface area contributed by atoms with Gasteiger partial charge in [0.2, 0.25) is 6.41 Å². The van der Waals surface area contributed by atoms with Crippen molar-refractivity contribution in [2.24, 2.45) is 0 Å². The number of rotatable bonds is 5. The van der Waals surface area contributed by atoms with E-state index in [1.807, 2.05) is 6.07 Å². The van der Waals surface area contributed by atoms with Crippen LogP contribution in [0.5, 0.6) is 0 Å². The van der Waals surface area contributed by atoms with Crippen LogP contribution in [0.15, 0.2) is 18.5 Å². The van der Waals surface area contributed by atoms with Crippen LogP contribution in [0.2, 0.25) is 0 Å². The molecule has 1 aliphatic rings. The first kappa shape index (κ1) is 15.3. The Kier molecular flexibility index (Phi) is 5.14. The number of hydrogen-bond donors (Lipinski definition) is 0. The van der Waals surface area contributed by atoms with Crippen molar-refractivity contribution in [1.29, 1.82) is 0 Å². The van der Waals surface area contributed by atoms with Gasteiger partial charge in [-0.05, 0) is 19.9 Å². The summed E-state index contributed by atoms with van der Waals surface area (Å²) in [6, 6.07) is 1.90. The molecule has 0 spiro atoms. The molecule has 0 bridgehead atoms. The molecule has 0 aromatic carbocycles. The predicted molar refractivity (Wildman–Crippen MR) is 81.3 cm³/mol. The van der Waals surface area contributed by atoms with Crippen molar-refractivity contribution in [2.45, 2.75) is 13.8 Å². The zero-order valence-electron chi connectivity index (χ0n) is 12.7. The van der Waals surface area contributed by atoms with Crippen LogP contribution >= 0.6 is 0 Å². The number of carbonyl (C=O) groups excluding carboxylic acids is 2. The van der Waals surface area contributed by atoms with Gasteiger partial charge in [0, 0.05) is 45.5 Å². The Hall–Kier alpha value is -2.11. The summed E-state index contributed by atoms with van der Waals surface area (Å²) in [5, 5.41) is 0. The number of nitrogens with zero attached hydrogens (tertiary/aromatic N) is 4. The van der Waals surface area contributed by atoms with Crippen molar-refractivity contribution >= 4 is 18.0 Å². The number of amides is 2. The average molecular weight is 290 g/mol. The molecule has 0 saturated carbocycles. The van der Waals surface area contributed by atoms with E-state index in [2.05, 4.69) is 23.7 Å². The highest BCUT2D eigenvalue weighted by Gasteiger charge is 2.22. The monoisotopic (exact) mass is 290 g/mol. The lowest BCUT2D eigenvalue weighted by molar-refractivity contribution is -0.119. The Labute approximate surface area is 125 Å². The Morgan fingerprint density at radius 1 is 1.24 bits per heavy atom. The summed E-state index contributed by atoms with van der Waals surface area (Å²) in [6.07, 6.45) is 4.24. The summed E-state index contributed by atoms with van der Waals surface area (Å²) in [7, 11) is 0. The second-order valence-corrected chi connectivity index (χ2v) is 5.04. The molecule has 6 nitrogen and oxygen atoms in total. The van der Waals surface area contributed by atoms with Crippen LogP contribution in [0.25, 0.3) is 0 Å². The van der Waals surface area contributed by atoms with Gasteiger partial charge in [0.1, 0.15) is 0 Å². The van der Waals surface area contributed by atoms with Crippen LogP contribution < -0.4 is 4.90 Å². The first-order chi connectivity index (χ1) is 10.2. The zero-order chi connectivity index (χ0) is 15.2. The van der Waals surface area contributed by atoms with Gasteiger partial charge in [-0.3, -0.25) is 14.6 Å². The van der Waals surface area contributed by atoms with Gasteiger partial charge < -0.3 is 14.7 Å². The molecule has 2 rings (SSSR count). The maximum atomic E-state index is 12.5.